The number of carbonyl (C=O) groups is 1. The van der Waals surface area contributed by atoms with Crippen molar-refractivity contribution in [2.45, 2.75) is 12.3 Å². The first-order chi connectivity index (χ1) is 12.6. The lowest BCUT2D eigenvalue weighted by molar-refractivity contribution is 0.0759. The number of hydrogen-bond acceptors (Lipinski definition) is 3. The molecule has 0 aliphatic carbocycles. The van der Waals surface area contributed by atoms with Gasteiger partial charge >= 0.3 is 0 Å². The summed E-state index contributed by atoms with van der Waals surface area (Å²) in [7, 11) is 0. The van der Waals surface area contributed by atoms with Gasteiger partial charge in [-0.25, -0.2) is 4.68 Å². The van der Waals surface area contributed by atoms with Crippen LogP contribution in [0.5, 0.6) is 0 Å². The van der Waals surface area contributed by atoms with Crippen LogP contribution >= 0.6 is 23.4 Å². The number of carbonyl (C=O) groups excluding carboxylic acids is 1. The Bertz CT molecular complexity index is 924. The van der Waals surface area contributed by atoms with E-state index in [2.05, 4.69) is 5.10 Å². The second-order valence-electron chi connectivity index (χ2n) is 6.16. The van der Waals surface area contributed by atoms with Gasteiger partial charge in [0, 0.05) is 17.3 Å². The lowest BCUT2D eigenvalue weighted by Crippen LogP contribution is -2.30. The fraction of sp³-hybridized carbons (Fsp3) is 0.200. The summed E-state index contributed by atoms with van der Waals surface area (Å²) < 4.78 is 1.81. The van der Waals surface area contributed by atoms with Crippen molar-refractivity contribution in [3.05, 3.63) is 82.6 Å². The Morgan fingerprint density at radius 2 is 1.88 bits per heavy atom. The zero-order valence-corrected chi connectivity index (χ0v) is 15.9. The number of hydrogen-bond donors (Lipinski definition) is 0. The Hall–Kier alpha value is -2.24. The number of aromatic nitrogens is 2. The molecule has 0 spiro atoms. The van der Waals surface area contributed by atoms with Gasteiger partial charge in [-0.05, 0) is 36.8 Å². The van der Waals surface area contributed by atoms with Crippen LogP contribution < -0.4 is 0 Å². The van der Waals surface area contributed by atoms with Gasteiger partial charge in [0.1, 0.15) is 5.37 Å². The number of para-hydroxylation sites is 1. The Morgan fingerprint density at radius 3 is 2.62 bits per heavy atom. The van der Waals surface area contributed by atoms with E-state index < -0.39 is 0 Å². The summed E-state index contributed by atoms with van der Waals surface area (Å²) in [6.45, 7) is 2.67. The Morgan fingerprint density at radius 1 is 1.15 bits per heavy atom. The zero-order valence-electron chi connectivity index (χ0n) is 14.3. The largest absolute Gasteiger partial charge is 0.322 e. The second kappa shape index (κ2) is 7.17. The van der Waals surface area contributed by atoms with Gasteiger partial charge in [0.2, 0.25) is 0 Å². The molecule has 4 nitrogen and oxygen atoms in total. The molecule has 6 heteroatoms. The third-order valence-corrected chi connectivity index (χ3v) is 6.06. The molecule has 1 fully saturated rings. The molecular formula is C20H18ClN3OS. The maximum absolute atomic E-state index is 13.2. The number of amides is 1. The van der Waals surface area contributed by atoms with Crippen LogP contribution in [-0.4, -0.2) is 32.9 Å². The van der Waals surface area contributed by atoms with Crippen molar-refractivity contribution in [2.75, 3.05) is 12.3 Å². The van der Waals surface area contributed by atoms with E-state index >= 15 is 0 Å². The van der Waals surface area contributed by atoms with Gasteiger partial charge in [-0.2, -0.15) is 5.10 Å². The van der Waals surface area contributed by atoms with Crippen LogP contribution in [0.4, 0.5) is 0 Å². The minimum Gasteiger partial charge on any atom is -0.322 e. The summed E-state index contributed by atoms with van der Waals surface area (Å²) in [6, 6.07) is 17.6. The molecule has 1 aromatic heterocycles. The monoisotopic (exact) mass is 383 g/mol. The highest BCUT2D eigenvalue weighted by molar-refractivity contribution is 7.99. The Balaban J connectivity index is 1.63. The molecule has 1 aliphatic heterocycles. The molecule has 1 saturated heterocycles. The first kappa shape index (κ1) is 17.2. The molecule has 2 aromatic carbocycles. The number of benzene rings is 2. The molecule has 4 rings (SSSR count). The van der Waals surface area contributed by atoms with Crippen LogP contribution in [0.2, 0.25) is 5.02 Å². The smallest absolute Gasteiger partial charge is 0.258 e. The molecule has 26 heavy (non-hydrogen) atoms. The van der Waals surface area contributed by atoms with Crippen LogP contribution in [0.15, 0.2) is 60.8 Å². The van der Waals surface area contributed by atoms with Gasteiger partial charge in [0.15, 0.2) is 0 Å². The summed E-state index contributed by atoms with van der Waals surface area (Å²) >= 11 is 7.77. The van der Waals surface area contributed by atoms with E-state index in [1.54, 1.807) is 18.0 Å². The fourth-order valence-electron chi connectivity index (χ4n) is 3.19. The van der Waals surface area contributed by atoms with Gasteiger partial charge in [0.05, 0.1) is 23.1 Å². The van der Waals surface area contributed by atoms with Gasteiger partial charge in [-0.3, -0.25) is 4.79 Å². The third kappa shape index (κ3) is 3.13. The van der Waals surface area contributed by atoms with Gasteiger partial charge in [-0.1, -0.05) is 41.9 Å². The predicted molar refractivity (Wildman–Crippen MR) is 106 cm³/mol. The normalized spacial score (nSPS) is 16.8. The SMILES string of the molecule is Cc1c(C(=O)N2CCSC2c2ccc(Cl)cc2)cnn1-c1ccccc1. The van der Waals surface area contributed by atoms with Gasteiger partial charge in [-0.15, -0.1) is 11.8 Å². The highest BCUT2D eigenvalue weighted by atomic mass is 35.5. The molecule has 1 atom stereocenters. The number of rotatable bonds is 3. The molecule has 1 amide bonds. The molecule has 3 aromatic rings. The highest BCUT2D eigenvalue weighted by Gasteiger charge is 2.32. The van der Waals surface area contributed by atoms with Crippen LogP contribution in [-0.2, 0) is 0 Å². The molecule has 0 saturated carbocycles. The molecule has 132 valence electrons. The van der Waals surface area contributed by atoms with Crippen molar-refractivity contribution >= 4 is 29.3 Å². The van der Waals surface area contributed by atoms with Crippen LogP contribution in [0.3, 0.4) is 0 Å². The number of thioether (sulfide) groups is 1. The van der Waals surface area contributed by atoms with Crippen molar-refractivity contribution in [1.29, 1.82) is 0 Å². The topological polar surface area (TPSA) is 38.1 Å². The quantitative estimate of drug-likeness (QED) is 0.656. The van der Waals surface area contributed by atoms with Gasteiger partial charge in [0.25, 0.3) is 5.91 Å². The molecule has 0 bridgehead atoms. The van der Waals surface area contributed by atoms with Crippen molar-refractivity contribution in [2.24, 2.45) is 0 Å². The first-order valence-corrected chi connectivity index (χ1v) is 9.86. The minimum absolute atomic E-state index is 0.0132. The van der Waals surface area contributed by atoms with Crippen LogP contribution in [0.25, 0.3) is 5.69 Å². The van der Waals surface area contributed by atoms with E-state index in [1.165, 1.54) is 0 Å². The molecule has 1 aliphatic rings. The zero-order chi connectivity index (χ0) is 18.1. The lowest BCUT2D eigenvalue weighted by atomic mass is 10.1. The second-order valence-corrected chi connectivity index (χ2v) is 7.79. The molecule has 0 radical (unpaired) electrons. The third-order valence-electron chi connectivity index (χ3n) is 4.55. The summed E-state index contributed by atoms with van der Waals surface area (Å²) in [4.78, 5) is 15.1. The Kier molecular flexibility index (Phi) is 4.74. The summed E-state index contributed by atoms with van der Waals surface area (Å²) in [5, 5.41) is 5.15. The summed E-state index contributed by atoms with van der Waals surface area (Å²) in [6.07, 6.45) is 1.67. The number of halogens is 1. The average Bonchev–Trinajstić information content (AvgIpc) is 3.29. The van der Waals surface area contributed by atoms with Crippen molar-refractivity contribution in [3.8, 4) is 5.69 Å². The molecule has 0 N–H and O–H groups in total. The van der Waals surface area contributed by atoms with Gasteiger partial charge < -0.3 is 4.90 Å². The lowest BCUT2D eigenvalue weighted by Gasteiger charge is -2.24. The van der Waals surface area contributed by atoms with E-state index in [0.29, 0.717) is 10.6 Å². The van der Waals surface area contributed by atoms with E-state index in [4.69, 9.17) is 11.6 Å². The van der Waals surface area contributed by atoms with E-state index in [0.717, 1.165) is 29.2 Å². The minimum atomic E-state index is 0.0132. The van der Waals surface area contributed by atoms with E-state index in [1.807, 2.05) is 71.1 Å². The molecular weight excluding hydrogens is 366 g/mol. The summed E-state index contributed by atoms with van der Waals surface area (Å²) in [5.74, 6) is 0.944. The highest BCUT2D eigenvalue weighted by Crippen LogP contribution is 2.39. The standard InChI is InChI=1S/C20H18ClN3OS/c1-14-18(13-22-24(14)17-5-3-2-4-6-17)19(25)23-11-12-26-20(23)15-7-9-16(21)10-8-15/h2-10,13,20H,11-12H2,1H3. The fourth-order valence-corrected chi connectivity index (χ4v) is 4.57. The summed E-state index contributed by atoms with van der Waals surface area (Å²) in [5.41, 5.74) is 3.55. The Labute approximate surface area is 161 Å². The predicted octanol–water partition coefficient (Wildman–Crippen LogP) is 4.72. The molecule has 2 heterocycles. The maximum Gasteiger partial charge on any atom is 0.258 e. The number of nitrogens with zero attached hydrogens (tertiary/aromatic N) is 3. The first-order valence-electron chi connectivity index (χ1n) is 8.43. The van der Waals surface area contributed by atoms with E-state index in [9.17, 15) is 4.79 Å². The van der Waals surface area contributed by atoms with Crippen LogP contribution in [0.1, 0.15) is 27.0 Å². The van der Waals surface area contributed by atoms with Crippen molar-refractivity contribution < 1.29 is 4.79 Å². The maximum atomic E-state index is 13.2. The van der Waals surface area contributed by atoms with Crippen molar-refractivity contribution in [1.82, 2.24) is 14.7 Å². The molecule has 1 unspecified atom stereocenters. The van der Waals surface area contributed by atoms with Crippen molar-refractivity contribution in [3.63, 3.8) is 0 Å². The average molecular weight is 384 g/mol. The van der Waals surface area contributed by atoms with Crippen LogP contribution in [0, 0.1) is 6.92 Å². The van der Waals surface area contributed by atoms with E-state index in [-0.39, 0.29) is 11.3 Å².